The van der Waals surface area contributed by atoms with Gasteiger partial charge < -0.3 is 4.90 Å². The van der Waals surface area contributed by atoms with Gasteiger partial charge >= 0.3 is 0 Å². The van der Waals surface area contributed by atoms with Crippen LogP contribution in [0.2, 0.25) is 0 Å². The molecule has 2 rings (SSSR count). The molecule has 1 aromatic carbocycles. The lowest BCUT2D eigenvalue weighted by Crippen LogP contribution is -2.36. The van der Waals surface area contributed by atoms with Crippen molar-refractivity contribution in [3.05, 3.63) is 52.1 Å². The summed E-state index contributed by atoms with van der Waals surface area (Å²) in [5, 5.41) is 0. The molecule has 0 bridgehead atoms. The molecule has 0 unspecified atom stereocenters. The molecule has 0 saturated heterocycles. The standard InChI is InChI=1S/C19H27NO2S/c1-7-20(8-2)17-14(3)16(19(4,5)6)18(17)23(21,22)15-12-10-9-11-13-15/h9-13H,7-8H2,1-6H3. The van der Waals surface area contributed by atoms with Crippen molar-refractivity contribution in [2.75, 3.05) is 13.1 Å². The molecule has 0 amide bonds. The number of likely N-dealkylation sites (N-methyl/N-ethyl adjacent to an activating group) is 1. The van der Waals surface area contributed by atoms with Gasteiger partial charge in [0.05, 0.1) is 15.5 Å². The van der Waals surface area contributed by atoms with Gasteiger partial charge in [-0.3, -0.25) is 0 Å². The van der Waals surface area contributed by atoms with Crippen LogP contribution in [0.1, 0.15) is 41.5 Å². The molecular formula is C19H27NO2S. The van der Waals surface area contributed by atoms with Crippen molar-refractivity contribution in [3.63, 3.8) is 0 Å². The first kappa shape index (κ1) is 17.8. The van der Waals surface area contributed by atoms with Crippen molar-refractivity contribution >= 4 is 9.84 Å². The molecule has 0 fully saturated rings. The third-order valence-corrected chi connectivity index (χ3v) is 6.15. The lowest BCUT2D eigenvalue weighted by molar-refractivity contribution is 0.372. The molecule has 0 spiro atoms. The first-order valence-electron chi connectivity index (χ1n) is 8.17. The second-order valence-corrected chi connectivity index (χ2v) is 8.80. The lowest BCUT2D eigenvalue weighted by Gasteiger charge is -2.41. The number of benzene rings is 1. The molecule has 0 saturated carbocycles. The average molecular weight is 333 g/mol. The molecule has 0 aromatic heterocycles. The zero-order chi connectivity index (χ0) is 17.4. The Morgan fingerprint density at radius 3 is 1.96 bits per heavy atom. The Balaban J connectivity index is 2.65. The molecule has 1 aromatic rings. The maximum Gasteiger partial charge on any atom is 0.208 e. The third kappa shape index (κ3) is 2.97. The van der Waals surface area contributed by atoms with E-state index in [-0.39, 0.29) is 5.41 Å². The van der Waals surface area contributed by atoms with Crippen LogP contribution in [0, 0.1) is 5.41 Å². The Hall–Kier alpha value is -1.55. The Bertz CT molecular complexity index is 746. The minimum absolute atomic E-state index is 0.197. The Labute approximate surface area is 140 Å². The first-order valence-corrected chi connectivity index (χ1v) is 9.66. The molecule has 1 aliphatic rings. The van der Waals surface area contributed by atoms with Crippen LogP contribution < -0.4 is 0 Å². The second kappa shape index (κ2) is 6.16. The van der Waals surface area contributed by atoms with Gasteiger partial charge in [0.25, 0.3) is 0 Å². The fraction of sp³-hybridized carbons (Fsp3) is 0.474. The van der Waals surface area contributed by atoms with Gasteiger partial charge in [0.2, 0.25) is 9.84 Å². The van der Waals surface area contributed by atoms with Gasteiger partial charge in [-0.15, -0.1) is 0 Å². The number of allylic oxidation sites excluding steroid dienone is 2. The highest BCUT2D eigenvalue weighted by Crippen LogP contribution is 2.49. The van der Waals surface area contributed by atoms with E-state index in [9.17, 15) is 8.42 Å². The van der Waals surface area contributed by atoms with Crippen molar-refractivity contribution in [3.8, 4) is 0 Å². The Morgan fingerprint density at radius 2 is 1.52 bits per heavy atom. The van der Waals surface area contributed by atoms with Gasteiger partial charge in [-0.25, -0.2) is 8.42 Å². The summed E-state index contributed by atoms with van der Waals surface area (Å²) in [6.45, 7) is 14.0. The third-order valence-electron chi connectivity index (χ3n) is 4.32. The van der Waals surface area contributed by atoms with Crippen LogP contribution in [0.3, 0.4) is 0 Å². The largest absolute Gasteiger partial charge is 0.371 e. The van der Waals surface area contributed by atoms with E-state index in [1.807, 2.05) is 13.0 Å². The molecule has 0 radical (unpaired) electrons. The van der Waals surface area contributed by atoms with E-state index in [0.717, 1.165) is 29.9 Å². The van der Waals surface area contributed by atoms with Gasteiger partial charge in [0, 0.05) is 13.1 Å². The number of hydrogen-bond acceptors (Lipinski definition) is 3. The Morgan fingerprint density at radius 1 is 1.00 bits per heavy atom. The maximum absolute atomic E-state index is 13.2. The van der Waals surface area contributed by atoms with Gasteiger partial charge in [-0.2, -0.15) is 0 Å². The van der Waals surface area contributed by atoms with Crippen LogP contribution in [-0.4, -0.2) is 26.4 Å². The first-order chi connectivity index (χ1) is 10.7. The molecule has 0 aliphatic heterocycles. The van der Waals surface area contributed by atoms with Crippen molar-refractivity contribution in [1.82, 2.24) is 4.90 Å². The van der Waals surface area contributed by atoms with Crippen LogP contribution >= 0.6 is 0 Å². The predicted octanol–water partition coefficient (Wildman–Crippen LogP) is 4.39. The van der Waals surface area contributed by atoms with Gasteiger partial charge in [-0.1, -0.05) is 39.0 Å². The van der Waals surface area contributed by atoms with E-state index in [2.05, 4.69) is 39.5 Å². The molecule has 126 valence electrons. The van der Waals surface area contributed by atoms with Crippen molar-refractivity contribution in [2.24, 2.45) is 5.41 Å². The zero-order valence-electron chi connectivity index (χ0n) is 15.0. The highest BCUT2D eigenvalue weighted by atomic mass is 32.2. The molecule has 0 N–H and O–H groups in total. The fourth-order valence-electron chi connectivity index (χ4n) is 3.32. The SMILES string of the molecule is CCN(CC)C1=C(C)C(C(C)(C)C)=C1S(=O)(=O)c1ccccc1. The van der Waals surface area contributed by atoms with Crippen molar-refractivity contribution in [2.45, 2.75) is 46.4 Å². The van der Waals surface area contributed by atoms with Crippen LogP contribution in [0.5, 0.6) is 0 Å². The minimum atomic E-state index is -3.50. The summed E-state index contributed by atoms with van der Waals surface area (Å²) in [5.74, 6) is 0. The molecule has 0 heterocycles. The normalized spacial score (nSPS) is 15.7. The van der Waals surface area contributed by atoms with Crippen LogP contribution in [0.4, 0.5) is 0 Å². The van der Waals surface area contributed by atoms with E-state index in [1.165, 1.54) is 0 Å². The topological polar surface area (TPSA) is 37.4 Å². The van der Waals surface area contributed by atoms with E-state index in [0.29, 0.717) is 9.80 Å². The molecular weight excluding hydrogens is 306 g/mol. The fourth-order valence-corrected chi connectivity index (χ4v) is 5.33. The molecule has 1 aliphatic carbocycles. The molecule has 4 heteroatoms. The van der Waals surface area contributed by atoms with E-state index in [1.54, 1.807) is 24.3 Å². The summed E-state index contributed by atoms with van der Waals surface area (Å²) in [5.41, 5.74) is 2.76. The van der Waals surface area contributed by atoms with Crippen molar-refractivity contribution in [1.29, 1.82) is 0 Å². The summed E-state index contributed by atoms with van der Waals surface area (Å²) >= 11 is 0. The number of sulfone groups is 1. The minimum Gasteiger partial charge on any atom is -0.371 e. The van der Waals surface area contributed by atoms with Crippen LogP contribution in [0.25, 0.3) is 0 Å². The van der Waals surface area contributed by atoms with Crippen molar-refractivity contribution < 1.29 is 8.42 Å². The second-order valence-electron chi connectivity index (χ2n) is 6.92. The summed E-state index contributed by atoms with van der Waals surface area (Å²) < 4.78 is 26.5. The smallest absolute Gasteiger partial charge is 0.208 e. The average Bonchev–Trinajstić information content (AvgIpc) is 2.48. The zero-order valence-corrected chi connectivity index (χ0v) is 15.8. The Kier molecular flexibility index (Phi) is 4.76. The summed E-state index contributed by atoms with van der Waals surface area (Å²) in [7, 11) is -3.50. The van der Waals surface area contributed by atoms with E-state index >= 15 is 0 Å². The monoisotopic (exact) mass is 333 g/mol. The summed E-state index contributed by atoms with van der Waals surface area (Å²) in [6.07, 6.45) is 0. The van der Waals surface area contributed by atoms with E-state index < -0.39 is 9.84 Å². The highest BCUT2D eigenvalue weighted by molar-refractivity contribution is 7.95. The quantitative estimate of drug-likeness (QED) is 0.802. The van der Waals surface area contributed by atoms with Crippen LogP contribution in [0.15, 0.2) is 57.0 Å². The number of nitrogens with zero attached hydrogens (tertiary/aromatic N) is 1. The lowest BCUT2D eigenvalue weighted by atomic mass is 9.75. The summed E-state index contributed by atoms with van der Waals surface area (Å²) in [4.78, 5) is 3.02. The number of rotatable bonds is 5. The predicted molar refractivity (Wildman–Crippen MR) is 95.7 cm³/mol. The number of hydrogen-bond donors (Lipinski definition) is 0. The molecule has 3 nitrogen and oxygen atoms in total. The molecule has 0 atom stereocenters. The molecule has 23 heavy (non-hydrogen) atoms. The van der Waals surface area contributed by atoms with Crippen LogP contribution in [-0.2, 0) is 9.84 Å². The maximum atomic E-state index is 13.2. The van der Waals surface area contributed by atoms with Gasteiger partial charge in [0.1, 0.15) is 0 Å². The summed E-state index contributed by atoms with van der Waals surface area (Å²) in [6, 6.07) is 8.74. The van der Waals surface area contributed by atoms with Gasteiger partial charge in [-0.05, 0) is 49.5 Å². The highest BCUT2D eigenvalue weighted by Gasteiger charge is 2.42. The van der Waals surface area contributed by atoms with Gasteiger partial charge in [0.15, 0.2) is 0 Å². The van der Waals surface area contributed by atoms with E-state index in [4.69, 9.17) is 0 Å².